The quantitative estimate of drug-likeness (QED) is 0.857. The maximum absolute atomic E-state index is 15.2. The van der Waals surface area contributed by atoms with Crippen LogP contribution in [-0.4, -0.2) is 35.8 Å². The molecule has 0 aliphatic carbocycles. The molecular formula is C20H15F2N3O4. The predicted molar refractivity (Wildman–Crippen MR) is 95.4 cm³/mol. The third kappa shape index (κ3) is 3.23. The maximum atomic E-state index is 15.2. The Balaban J connectivity index is 1.69. The van der Waals surface area contributed by atoms with Crippen LogP contribution in [-0.2, 0) is 16.1 Å². The van der Waals surface area contributed by atoms with E-state index in [2.05, 4.69) is 5.32 Å². The van der Waals surface area contributed by atoms with E-state index in [0.717, 1.165) is 6.07 Å². The Hall–Kier alpha value is -3.67. The van der Waals surface area contributed by atoms with E-state index < -0.39 is 30.1 Å². The van der Waals surface area contributed by atoms with Crippen molar-refractivity contribution < 1.29 is 27.8 Å². The van der Waals surface area contributed by atoms with E-state index in [1.165, 1.54) is 36.1 Å². The van der Waals surface area contributed by atoms with Crippen LogP contribution in [0.4, 0.5) is 13.6 Å². The third-order valence-electron chi connectivity index (χ3n) is 4.82. The zero-order valence-electron chi connectivity index (χ0n) is 15.2. The Kier molecular flexibility index (Phi) is 4.54. The lowest BCUT2D eigenvalue weighted by Gasteiger charge is -2.32. The molecule has 1 N–H and O–H groups in total. The van der Waals surface area contributed by atoms with Crippen molar-refractivity contribution in [3.8, 4) is 22.9 Å². The molecule has 0 saturated carbocycles. The average molecular weight is 399 g/mol. The topological polar surface area (TPSA) is 91.7 Å². The minimum absolute atomic E-state index is 0.0197. The molecule has 0 spiro atoms. The molecule has 1 fully saturated rings. The fourth-order valence-electron chi connectivity index (χ4n) is 3.41. The summed E-state index contributed by atoms with van der Waals surface area (Å²) in [5, 5.41) is 11.4. The zero-order chi connectivity index (χ0) is 20.7. The highest BCUT2D eigenvalue weighted by molar-refractivity contribution is 5.74. The van der Waals surface area contributed by atoms with Crippen molar-refractivity contribution in [2.24, 2.45) is 0 Å². The summed E-state index contributed by atoms with van der Waals surface area (Å²) in [7, 11) is 0. The number of halogens is 2. The average Bonchev–Trinajstić information content (AvgIpc) is 3.00. The summed E-state index contributed by atoms with van der Waals surface area (Å²) in [6.07, 6.45) is -2.41. The maximum Gasteiger partial charge on any atom is 0.413 e. The Labute approximate surface area is 164 Å². The smallest absolute Gasteiger partial charge is 0.413 e. The van der Waals surface area contributed by atoms with Crippen LogP contribution in [0.25, 0.3) is 11.1 Å². The zero-order valence-corrected chi connectivity index (χ0v) is 15.2. The number of nitriles is 1. The van der Waals surface area contributed by atoms with Crippen LogP contribution in [0.15, 0.2) is 30.3 Å². The molecule has 2 aliphatic heterocycles. The molecule has 0 radical (unpaired) electrons. The minimum Gasteiger partial charge on any atom is -0.466 e. The summed E-state index contributed by atoms with van der Waals surface area (Å²) in [6, 6.07) is 8.84. The second kappa shape index (κ2) is 7.05. The molecule has 29 heavy (non-hydrogen) atoms. The van der Waals surface area contributed by atoms with Crippen molar-refractivity contribution >= 4 is 12.0 Å². The van der Waals surface area contributed by atoms with E-state index in [4.69, 9.17) is 14.7 Å². The van der Waals surface area contributed by atoms with E-state index >= 15 is 4.39 Å². The van der Waals surface area contributed by atoms with Crippen molar-refractivity contribution in [1.29, 1.82) is 5.26 Å². The molecule has 0 unspecified atom stereocenters. The number of carbonyl (C=O) groups is 2. The molecule has 2 aromatic rings. The first-order valence-corrected chi connectivity index (χ1v) is 8.78. The Morgan fingerprint density at radius 2 is 2.03 bits per heavy atom. The van der Waals surface area contributed by atoms with Gasteiger partial charge in [0.05, 0.1) is 35.8 Å². The van der Waals surface area contributed by atoms with Crippen molar-refractivity contribution in [2.45, 2.75) is 25.8 Å². The summed E-state index contributed by atoms with van der Waals surface area (Å²) < 4.78 is 40.8. The van der Waals surface area contributed by atoms with E-state index in [1.54, 1.807) is 0 Å². The molecule has 2 aliphatic rings. The molecule has 148 valence electrons. The Morgan fingerprint density at radius 1 is 1.31 bits per heavy atom. The van der Waals surface area contributed by atoms with Crippen molar-refractivity contribution in [2.75, 3.05) is 6.54 Å². The third-order valence-corrected chi connectivity index (χ3v) is 4.82. The van der Waals surface area contributed by atoms with Crippen LogP contribution in [0, 0.1) is 23.0 Å². The first-order chi connectivity index (χ1) is 13.9. The Bertz CT molecular complexity index is 1050. The molecule has 0 aromatic heterocycles. The number of amides is 2. The number of fused-ring (bicyclic) bond motifs is 2. The summed E-state index contributed by atoms with van der Waals surface area (Å²) >= 11 is 0. The molecular weight excluding hydrogens is 384 g/mol. The van der Waals surface area contributed by atoms with Crippen LogP contribution in [0.2, 0.25) is 0 Å². The van der Waals surface area contributed by atoms with Gasteiger partial charge in [0.15, 0.2) is 6.10 Å². The SMILES string of the molecule is CC(=O)NC[C@@H]1OC(=O)N2Cc3c(cc(F)c(-c4ccc(C#N)cc4)c3F)O[C@@H]12. The molecule has 9 heteroatoms. The van der Waals surface area contributed by atoms with Crippen LogP contribution >= 0.6 is 0 Å². The van der Waals surface area contributed by atoms with Crippen LogP contribution in [0.1, 0.15) is 18.1 Å². The van der Waals surface area contributed by atoms with Gasteiger partial charge in [-0.1, -0.05) is 12.1 Å². The number of nitrogens with one attached hydrogen (secondary N) is 1. The van der Waals surface area contributed by atoms with Gasteiger partial charge in [0.2, 0.25) is 12.1 Å². The molecule has 1 saturated heterocycles. The first-order valence-electron chi connectivity index (χ1n) is 8.78. The van der Waals surface area contributed by atoms with Gasteiger partial charge in [-0.2, -0.15) is 5.26 Å². The van der Waals surface area contributed by atoms with E-state index in [9.17, 15) is 14.0 Å². The number of ether oxygens (including phenoxy) is 2. The molecule has 2 amide bonds. The number of hydrogen-bond acceptors (Lipinski definition) is 5. The highest BCUT2D eigenvalue weighted by Crippen LogP contribution is 2.40. The van der Waals surface area contributed by atoms with Gasteiger partial charge in [-0.3, -0.25) is 9.69 Å². The van der Waals surface area contributed by atoms with Crippen molar-refractivity contribution in [3.05, 3.63) is 53.1 Å². The van der Waals surface area contributed by atoms with Crippen LogP contribution in [0.5, 0.6) is 5.75 Å². The lowest BCUT2D eigenvalue weighted by Crippen LogP contribution is -2.47. The van der Waals surface area contributed by atoms with E-state index in [-0.39, 0.29) is 41.4 Å². The van der Waals surface area contributed by atoms with Gasteiger partial charge in [-0.15, -0.1) is 0 Å². The van der Waals surface area contributed by atoms with Gasteiger partial charge in [-0.25, -0.2) is 13.6 Å². The van der Waals surface area contributed by atoms with E-state index in [1.807, 2.05) is 6.07 Å². The molecule has 2 heterocycles. The summed E-state index contributed by atoms with van der Waals surface area (Å²) in [6.45, 7) is 1.18. The standard InChI is InChI=1S/C20H15F2N3O4/c1-10(26)24-8-16-19-25(20(27)29-16)9-13-15(28-19)6-14(21)17(18(13)22)12-4-2-11(7-23)3-5-12/h2-6,16,19H,8-9H2,1H3,(H,24,26)/t16-,19-/m0/s1. The highest BCUT2D eigenvalue weighted by atomic mass is 19.1. The summed E-state index contributed by atoms with van der Waals surface area (Å²) in [4.78, 5) is 24.5. The Morgan fingerprint density at radius 3 is 2.69 bits per heavy atom. The number of benzene rings is 2. The first kappa shape index (κ1) is 18.7. The monoisotopic (exact) mass is 399 g/mol. The highest BCUT2D eigenvalue weighted by Gasteiger charge is 2.47. The lowest BCUT2D eigenvalue weighted by molar-refractivity contribution is -0.119. The number of rotatable bonds is 3. The second-order valence-electron chi connectivity index (χ2n) is 6.71. The van der Waals surface area contributed by atoms with Gasteiger partial charge < -0.3 is 14.8 Å². The molecule has 7 nitrogen and oxygen atoms in total. The molecule has 2 aromatic carbocycles. The predicted octanol–water partition coefficient (Wildman–Crippen LogP) is 2.68. The van der Waals surface area contributed by atoms with Crippen LogP contribution in [0.3, 0.4) is 0 Å². The van der Waals surface area contributed by atoms with Gasteiger partial charge in [0, 0.05) is 13.0 Å². The number of carbonyl (C=O) groups excluding carboxylic acids is 2. The van der Waals surface area contributed by atoms with Crippen molar-refractivity contribution in [1.82, 2.24) is 10.2 Å². The summed E-state index contributed by atoms with van der Waals surface area (Å²) in [5.74, 6) is -2.01. The molecule has 0 bridgehead atoms. The number of hydrogen-bond donors (Lipinski definition) is 1. The fourth-order valence-corrected chi connectivity index (χ4v) is 3.41. The minimum atomic E-state index is -0.901. The molecule has 4 rings (SSSR count). The lowest BCUT2D eigenvalue weighted by atomic mass is 9.98. The number of nitrogens with zero attached hydrogens (tertiary/aromatic N) is 2. The van der Waals surface area contributed by atoms with E-state index in [0.29, 0.717) is 5.56 Å². The normalized spacial score (nSPS) is 19.5. The van der Waals surface area contributed by atoms with Gasteiger partial charge in [0.25, 0.3) is 0 Å². The second-order valence-corrected chi connectivity index (χ2v) is 6.71. The van der Waals surface area contributed by atoms with Crippen molar-refractivity contribution in [3.63, 3.8) is 0 Å². The van der Waals surface area contributed by atoms with Crippen LogP contribution < -0.4 is 10.1 Å². The fraction of sp³-hybridized carbons (Fsp3) is 0.250. The summed E-state index contributed by atoms with van der Waals surface area (Å²) in [5.41, 5.74) is 0.386. The van der Waals surface area contributed by atoms with Gasteiger partial charge >= 0.3 is 6.09 Å². The van der Waals surface area contributed by atoms with Gasteiger partial charge in [-0.05, 0) is 17.7 Å². The number of cyclic esters (lactones) is 1. The molecule has 2 atom stereocenters. The van der Waals surface area contributed by atoms with Gasteiger partial charge in [0.1, 0.15) is 17.4 Å². The largest absolute Gasteiger partial charge is 0.466 e.